The molecule has 1 aromatic rings. The Bertz CT molecular complexity index is 613. The molecule has 1 aliphatic rings. The number of hydrogen-bond donors (Lipinski definition) is 2. The predicted molar refractivity (Wildman–Crippen MR) is 74.3 cm³/mol. The minimum atomic E-state index is -3.59. The van der Waals surface area contributed by atoms with Crippen molar-refractivity contribution in [2.45, 2.75) is 23.8 Å². The molecule has 1 atom stereocenters. The zero-order valence-electron chi connectivity index (χ0n) is 11.0. The Morgan fingerprint density at radius 3 is 3.05 bits per heavy atom. The zero-order chi connectivity index (χ0) is 14.4. The Morgan fingerprint density at radius 1 is 1.50 bits per heavy atom. The summed E-state index contributed by atoms with van der Waals surface area (Å²) in [6.45, 7) is 1.19. The average Bonchev–Trinajstić information content (AvgIpc) is 2.97. The summed E-state index contributed by atoms with van der Waals surface area (Å²) < 4.78 is 32.2. The van der Waals surface area contributed by atoms with Crippen LogP contribution in [0.2, 0.25) is 0 Å². The number of rotatable bonds is 4. The van der Waals surface area contributed by atoms with Gasteiger partial charge < -0.3 is 10.5 Å². The van der Waals surface area contributed by atoms with Crippen molar-refractivity contribution in [3.63, 3.8) is 0 Å². The van der Waals surface area contributed by atoms with Gasteiger partial charge in [-0.2, -0.15) is 0 Å². The van der Waals surface area contributed by atoms with Crippen molar-refractivity contribution in [1.29, 1.82) is 0 Å². The lowest BCUT2D eigenvalue weighted by molar-refractivity contribution is 0.114. The quantitative estimate of drug-likeness (QED) is 0.753. The number of aromatic nitrogens is 1. The van der Waals surface area contributed by atoms with E-state index < -0.39 is 10.0 Å². The first kappa shape index (κ1) is 14.9. The summed E-state index contributed by atoms with van der Waals surface area (Å²) in [7, 11) is -3.59. The highest BCUT2D eigenvalue weighted by molar-refractivity contribution is 7.89. The fourth-order valence-corrected chi connectivity index (χ4v) is 2.93. The van der Waals surface area contributed by atoms with Crippen LogP contribution in [0.1, 0.15) is 18.4 Å². The Labute approximate surface area is 118 Å². The number of hydrogen-bond acceptors (Lipinski definition) is 5. The lowest BCUT2D eigenvalue weighted by Crippen LogP contribution is -2.31. The van der Waals surface area contributed by atoms with E-state index in [1.54, 1.807) is 0 Å². The van der Waals surface area contributed by atoms with Crippen LogP contribution in [0.4, 0.5) is 0 Å². The van der Waals surface area contributed by atoms with Gasteiger partial charge in [0.15, 0.2) is 0 Å². The largest absolute Gasteiger partial charge is 0.377 e. The zero-order valence-corrected chi connectivity index (χ0v) is 11.8. The van der Waals surface area contributed by atoms with Gasteiger partial charge in [-0.1, -0.05) is 11.8 Å². The minimum absolute atomic E-state index is 0.0436. The number of nitrogens with zero attached hydrogens (tertiary/aromatic N) is 1. The Balaban J connectivity index is 2.08. The molecule has 1 saturated heterocycles. The summed E-state index contributed by atoms with van der Waals surface area (Å²) in [5.74, 6) is 5.42. The van der Waals surface area contributed by atoms with E-state index in [1.165, 1.54) is 18.5 Å². The fourth-order valence-electron chi connectivity index (χ4n) is 1.88. The van der Waals surface area contributed by atoms with Gasteiger partial charge >= 0.3 is 0 Å². The van der Waals surface area contributed by atoms with Crippen LogP contribution < -0.4 is 10.5 Å². The molecule has 1 aliphatic heterocycles. The molecule has 7 heteroatoms. The molecular weight excluding hydrogens is 278 g/mol. The van der Waals surface area contributed by atoms with E-state index >= 15 is 0 Å². The number of ether oxygens (including phenoxy) is 1. The number of nitrogens with two attached hydrogens (primary N) is 1. The summed E-state index contributed by atoms with van der Waals surface area (Å²) in [6.07, 6.45) is 4.60. The SMILES string of the molecule is NCC#Cc1cncc(S(=O)(=O)NCC2CCCO2)c1. The molecule has 0 bridgehead atoms. The smallest absolute Gasteiger partial charge is 0.242 e. The van der Waals surface area contributed by atoms with Gasteiger partial charge in [-0.15, -0.1) is 0 Å². The van der Waals surface area contributed by atoms with Crippen molar-refractivity contribution in [3.05, 3.63) is 24.0 Å². The van der Waals surface area contributed by atoms with Gasteiger partial charge in [-0.05, 0) is 18.9 Å². The first-order valence-electron chi connectivity index (χ1n) is 6.37. The Morgan fingerprint density at radius 2 is 2.35 bits per heavy atom. The van der Waals surface area contributed by atoms with E-state index in [2.05, 4.69) is 21.5 Å². The van der Waals surface area contributed by atoms with Gasteiger partial charge in [0.2, 0.25) is 10.0 Å². The van der Waals surface area contributed by atoms with Gasteiger partial charge in [-0.3, -0.25) is 4.98 Å². The van der Waals surface area contributed by atoms with E-state index in [-0.39, 0.29) is 24.1 Å². The average molecular weight is 295 g/mol. The van der Waals surface area contributed by atoms with E-state index in [0.29, 0.717) is 12.2 Å². The van der Waals surface area contributed by atoms with Crippen molar-refractivity contribution in [2.24, 2.45) is 5.73 Å². The van der Waals surface area contributed by atoms with Crippen LogP contribution in [-0.4, -0.2) is 39.2 Å². The summed E-state index contributed by atoms with van der Waals surface area (Å²) in [4.78, 5) is 3.99. The van der Waals surface area contributed by atoms with Crippen molar-refractivity contribution >= 4 is 10.0 Å². The van der Waals surface area contributed by atoms with E-state index in [1.807, 2.05) is 0 Å². The summed E-state index contributed by atoms with van der Waals surface area (Å²) >= 11 is 0. The molecule has 1 unspecified atom stereocenters. The molecule has 0 aromatic carbocycles. The molecule has 2 heterocycles. The first-order valence-corrected chi connectivity index (χ1v) is 7.85. The second kappa shape index (κ2) is 6.81. The van der Waals surface area contributed by atoms with Crippen LogP contribution in [0.15, 0.2) is 23.4 Å². The Hall–Kier alpha value is -1.46. The van der Waals surface area contributed by atoms with Crippen molar-refractivity contribution in [1.82, 2.24) is 9.71 Å². The summed E-state index contributed by atoms with van der Waals surface area (Å²) in [5.41, 5.74) is 5.80. The lowest BCUT2D eigenvalue weighted by atomic mass is 10.2. The van der Waals surface area contributed by atoms with Gasteiger partial charge in [0.25, 0.3) is 0 Å². The molecule has 108 valence electrons. The molecule has 6 nitrogen and oxygen atoms in total. The molecule has 0 spiro atoms. The third kappa shape index (κ3) is 4.02. The molecule has 1 aromatic heterocycles. The Kier molecular flexibility index (Phi) is 5.09. The number of pyridine rings is 1. The molecule has 20 heavy (non-hydrogen) atoms. The standard InChI is InChI=1S/C13H17N3O3S/c14-5-1-3-11-7-13(10-15-8-11)20(17,18)16-9-12-4-2-6-19-12/h7-8,10,12,16H,2,4-6,9,14H2. The molecule has 0 saturated carbocycles. The second-order valence-electron chi connectivity index (χ2n) is 4.40. The molecule has 0 amide bonds. The highest BCUT2D eigenvalue weighted by Gasteiger charge is 2.20. The topological polar surface area (TPSA) is 94.3 Å². The van der Waals surface area contributed by atoms with Crippen LogP contribution in [0.25, 0.3) is 0 Å². The molecule has 1 fully saturated rings. The van der Waals surface area contributed by atoms with Crippen LogP contribution >= 0.6 is 0 Å². The molecule has 3 N–H and O–H groups in total. The van der Waals surface area contributed by atoms with Crippen LogP contribution in [0.3, 0.4) is 0 Å². The van der Waals surface area contributed by atoms with Crippen LogP contribution in [0.5, 0.6) is 0 Å². The monoisotopic (exact) mass is 295 g/mol. The van der Waals surface area contributed by atoms with Crippen LogP contribution in [-0.2, 0) is 14.8 Å². The molecule has 0 aliphatic carbocycles. The van der Waals surface area contributed by atoms with Crippen LogP contribution in [0, 0.1) is 11.8 Å². The molecule has 0 radical (unpaired) electrons. The van der Waals surface area contributed by atoms with E-state index in [9.17, 15) is 8.42 Å². The van der Waals surface area contributed by atoms with E-state index in [4.69, 9.17) is 10.5 Å². The summed E-state index contributed by atoms with van der Waals surface area (Å²) in [5, 5.41) is 0. The third-order valence-corrected chi connectivity index (χ3v) is 4.27. The maximum Gasteiger partial charge on any atom is 0.242 e. The van der Waals surface area contributed by atoms with E-state index in [0.717, 1.165) is 12.8 Å². The summed E-state index contributed by atoms with van der Waals surface area (Å²) in [6, 6.07) is 1.48. The van der Waals surface area contributed by atoms with Crippen molar-refractivity contribution in [2.75, 3.05) is 19.7 Å². The third-order valence-electron chi connectivity index (χ3n) is 2.88. The maximum atomic E-state index is 12.1. The number of sulfonamides is 1. The molecular formula is C13H17N3O3S. The fraction of sp³-hybridized carbons (Fsp3) is 0.462. The van der Waals surface area contributed by atoms with Gasteiger partial charge in [-0.25, -0.2) is 13.1 Å². The second-order valence-corrected chi connectivity index (χ2v) is 6.17. The lowest BCUT2D eigenvalue weighted by Gasteiger charge is -2.11. The maximum absolute atomic E-state index is 12.1. The highest BCUT2D eigenvalue weighted by atomic mass is 32.2. The van der Waals surface area contributed by atoms with Gasteiger partial charge in [0.1, 0.15) is 4.90 Å². The van der Waals surface area contributed by atoms with Crippen molar-refractivity contribution in [3.8, 4) is 11.8 Å². The number of nitrogens with one attached hydrogen (secondary N) is 1. The van der Waals surface area contributed by atoms with Gasteiger partial charge in [0.05, 0.1) is 12.6 Å². The van der Waals surface area contributed by atoms with Gasteiger partial charge in [0, 0.05) is 31.1 Å². The minimum Gasteiger partial charge on any atom is -0.377 e. The highest BCUT2D eigenvalue weighted by Crippen LogP contribution is 2.13. The molecule has 2 rings (SSSR count). The normalized spacial score (nSPS) is 18.6. The van der Waals surface area contributed by atoms with Crippen molar-refractivity contribution < 1.29 is 13.2 Å². The first-order chi connectivity index (χ1) is 9.62. The predicted octanol–water partition coefficient (Wildman–Crippen LogP) is -0.151.